The molecule has 2 fully saturated rings. The van der Waals surface area contributed by atoms with Crippen molar-refractivity contribution in [3.05, 3.63) is 111 Å². The van der Waals surface area contributed by atoms with Gasteiger partial charge in [0.15, 0.2) is 11.5 Å². The van der Waals surface area contributed by atoms with Gasteiger partial charge < -0.3 is 113 Å². The Hall–Kier alpha value is -9.64. The van der Waals surface area contributed by atoms with E-state index < -0.39 is 198 Å². The van der Waals surface area contributed by atoms with Gasteiger partial charge in [0.25, 0.3) is 0 Å². The van der Waals surface area contributed by atoms with Crippen LogP contribution < -0.4 is 67.4 Å². The van der Waals surface area contributed by atoms with E-state index >= 15 is 24.0 Å². The Kier molecular flexibility index (Phi) is 25.3. The quantitative estimate of drug-likeness (QED) is 0.0594. The van der Waals surface area contributed by atoms with Crippen LogP contribution in [0.15, 0.2) is 83.6 Å². The van der Waals surface area contributed by atoms with Crippen LogP contribution in [0.3, 0.4) is 0 Å². The first-order valence-corrected chi connectivity index (χ1v) is 35.3. The second-order valence-electron chi connectivity index (χ2n) is 27.4. The summed E-state index contributed by atoms with van der Waals surface area (Å²) in [6.07, 6.45) is -6.02. The number of nitrogens with one attached hydrogen (secondary N) is 10. The fourth-order valence-corrected chi connectivity index (χ4v) is 13.3. The van der Waals surface area contributed by atoms with Crippen molar-refractivity contribution in [1.82, 2.24) is 53.2 Å². The van der Waals surface area contributed by atoms with Crippen molar-refractivity contribution in [2.75, 3.05) is 20.2 Å². The average Bonchev–Trinajstić information content (AvgIpc) is 1.69. The molecule has 10 amide bonds. The second-order valence-corrected chi connectivity index (χ2v) is 27.8. The highest BCUT2D eigenvalue weighted by Gasteiger charge is 2.48. The number of aliphatic hydroxyl groups excluding tert-OH is 6. The summed E-state index contributed by atoms with van der Waals surface area (Å²) in [5.74, 6) is -14.8. The largest absolute Gasteiger partial charge is 0.508 e. The summed E-state index contributed by atoms with van der Waals surface area (Å²) in [5, 5.41) is 129. The number of rotatable bonds is 19. The number of carbonyl (C=O) groups is 9. The lowest BCUT2D eigenvalue weighted by atomic mass is 9.87. The molecule has 0 spiro atoms. The number of urea groups is 1. The molecule has 0 aromatic heterocycles. The monoisotopic (exact) mass is 1480 g/mol. The van der Waals surface area contributed by atoms with Crippen molar-refractivity contribution in [2.24, 2.45) is 11.8 Å². The molecular weight excluding hydrogens is 1390 g/mol. The molecule has 6 aliphatic heterocycles. The normalized spacial score (nSPS) is 26.4. The molecule has 11 bridgehead atoms. The Morgan fingerprint density at radius 3 is 2.08 bits per heavy atom. The molecule has 0 radical (unpaired) electrons. The van der Waals surface area contributed by atoms with E-state index in [1.54, 1.807) is 0 Å². The lowest BCUT2D eigenvalue weighted by Gasteiger charge is -2.40. The van der Waals surface area contributed by atoms with Gasteiger partial charge in [0.2, 0.25) is 59.3 Å². The Morgan fingerprint density at radius 1 is 0.705 bits per heavy atom. The van der Waals surface area contributed by atoms with Gasteiger partial charge in [0.1, 0.15) is 95.5 Å². The molecule has 566 valence electrons. The number of allylic oxidation sites excluding steroid dienone is 2. The number of phenols is 3. The molecule has 4 aromatic rings. The highest BCUT2D eigenvalue weighted by Crippen LogP contribution is 2.48. The summed E-state index contributed by atoms with van der Waals surface area (Å²) in [7, 11) is 1.50. The minimum Gasteiger partial charge on any atom is -0.508 e. The fraction of sp³-hybridized carbons (Fsp3) is 0.486. The maximum absolute atomic E-state index is 16.2. The number of aryl methyl sites for hydroxylation is 1. The van der Waals surface area contributed by atoms with Crippen LogP contribution in [0, 0.1) is 18.8 Å². The van der Waals surface area contributed by atoms with Crippen LogP contribution in [-0.2, 0) is 43.1 Å². The smallest absolute Gasteiger partial charge is 0.321 e. The van der Waals surface area contributed by atoms with Crippen LogP contribution in [0.4, 0.5) is 4.79 Å². The molecule has 1 saturated carbocycles. The van der Waals surface area contributed by atoms with Crippen molar-refractivity contribution in [3.8, 4) is 51.4 Å². The number of carbonyl (C=O) groups excluding carboxylic acids is 9. The third-order valence-electron chi connectivity index (χ3n) is 19.0. The van der Waals surface area contributed by atoms with E-state index in [1.807, 2.05) is 13.8 Å². The van der Waals surface area contributed by atoms with Crippen molar-refractivity contribution >= 4 is 64.9 Å². The molecule has 12 rings (SSSR count). The molecule has 33 heteroatoms. The summed E-state index contributed by atoms with van der Waals surface area (Å²) in [5.41, 5.74) is -1.55. The maximum atomic E-state index is 16.2. The summed E-state index contributed by atoms with van der Waals surface area (Å²) >= 11 is 7.11. The van der Waals surface area contributed by atoms with Gasteiger partial charge in [0, 0.05) is 35.7 Å². The standard InChI is InChI=1S/C72H89ClN10O22/c1-6-7-8-9-10-11-20-75-72(101)78-51(88)29-43-65(95)79-54-36-25-48(102-46-18-13-34(22-32(46)4)58(89)56(69(99)77-43)82-64(94)42(74-5)21-31(2)3)63(105-71-62(93)61(92)60(91)50(30-84)104-71)49(26-36)103-47-19-14-35(24-41(47)73)59(90)57-70(100)81-55(68(98)76-37-15-16-37)40-27-38(85)28-45(87)52(40)39-23-33(12-17-44(39)86)53(66(96)83-57)80-67(54)97/h12-13,17-19,22-28,31,35,37,42-43,50,53-62,71,74,84-87,89-93H,6-11,14-16,20-21,29-30H2,1-5H3,(H,76,98)(H,77,99)(H,79,95)(H,80,97)(H,81,100)(H,82,94)(H,83,96)(H2,75,78,88,101)/t35-,42+,43-,50+,53+,54+,55-,56+,57-,58+,59+,60+,61-,62+,71-/m0/s1. The van der Waals surface area contributed by atoms with E-state index in [2.05, 4.69) is 60.1 Å². The molecule has 15 atom stereocenters. The number of aromatic hydroxyl groups is 3. The summed E-state index contributed by atoms with van der Waals surface area (Å²) in [4.78, 5) is 134. The Balaban J connectivity index is 1.19. The summed E-state index contributed by atoms with van der Waals surface area (Å²) < 4.78 is 25.5. The van der Waals surface area contributed by atoms with Crippen LogP contribution in [0.1, 0.15) is 143 Å². The predicted molar refractivity (Wildman–Crippen MR) is 372 cm³/mol. The number of hydrogen-bond donors (Lipinski definition) is 19. The number of benzene rings is 4. The van der Waals surface area contributed by atoms with Gasteiger partial charge in [-0.1, -0.05) is 82.7 Å². The first-order valence-electron chi connectivity index (χ1n) is 34.9. The van der Waals surface area contributed by atoms with E-state index in [0.29, 0.717) is 19.3 Å². The van der Waals surface area contributed by atoms with E-state index in [-0.39, 0.29) is 81.3 Å². The highest BCUT2D eigenvalue weighted by atomic mass is 35.5. The SMILES string of the molecule is CCCCCCCCNC(=O)NC(=O)C[C@@H]1NC(=O)[C@H](NC(=O)[C@@H](CC(C)C)NC)[C@H](O)c2ccc(c(C)c2)Oc2cc3cc(c2O[C@@H]2O[C@H](CO)[C@@H](O)[C@H](O)[C@H]2O)OC2=CC[C@@H](C=C2Cl)[C@@H](O)[C@@H]2NC(=O)[C@H](NC(=O)[C@@H]3NC1=O)c1ccc(O)c(c1)-c1c(O)cc(O)cc1[C@@H](C(=O)NC1CC1)NC2=O. The number of imide groups is 1. The van der Waals surface area contributed by atoms with Crippen molar-refractivity contribution in [3.63, 3.8) is 0 Å². The van der Waals surface area contributed by atoms with E-state index in [4.69, 9.17) is 30.5 Å². The first kappa shape index (κ1) is 78.0. The van der Waals surface area contributed by atoms with Gasteiger partial charge in [-0.05, 0) is 128 Å². The van der Waals surface area contributed by atoms with Crippen LogP contribution in [-0.4, -0.2) is 186 Å². The molecule has 1 saturated heterocycles. The molecule has 8 aliphatic rings. The zero-order chi connectivity index (χ0) is 75.8. The number of fused-ring (bicyclic) bond motifs is 14. The van der Waals surface area contributed by atoms with Gasteiger partial charge >= 0.3 is 6.03 Å². The summed E-state index contributed by atoms with van der Waals surface area (Å²) in [6, 6.07) is -3.54. The number of aliphatic hydroxyl groups is 6. The molecule has 32 nitrogen and oxygen atoms in total. The maximum Gasteiger partial charge on any atom is 0.321 e. The molecular formula is C72H89ClN10O22. The van der Waals surface area contributed by atoms with Gasteiger partial charge in [-0.25, -0.2) is 4.79 Å². The van der Waals surface area contributed by atoms with Crippen molar-refractivity contribution in [2.45, 2.75) is 190 Å². The first-order chi connectivity index (χ1) is 50.0. The van der Waals surface area contributed by atoms with Gasteiger partial charge in [-0.15, -0.1) is 0 Å². The fourth-order valence-electron chi connectivity index (χ4n) is 13.0. The Morgan fingerprint density at radius 2 is 1.39 bits per heavy atom. The van der Waals surface area contributed by atoms with Gasteiger partial charge in [-0.2, -0.15) is 0 Å². The van der Waals surface area contributed by atoms with E-state index in [9.17, 15) is 65.1 Å². The summed E-state index contributed by atoms with van der Waals surface area (Å²) in [6.45, 7) is 6.46. The van der Waals surface area contributed by atoms with Gasteiger partial charge in [-0.3, -0.25) is 43.7 Å². The van der Waals surface area contributed by atoms with Crippen LogP contribution in [0.5, 0.6) is 40.2 Å². The molecule has 105 heavy (non-hydrogen) atoms. The molecule has 6 heterocycles. The minimum absolute atomic E-state index is 0.0307. The molecule has 4 aromatic carbocycles. The van der Waals surface area contributed by atoms with Crippen molar-refractivity contribution < 1.29 is 108 Å². The van der Waals surface area contributed by atoms with Crippen LogP contribution in [0.2, 0.25) is 0 Å². The molecule has 0 unspecified atom stereocenters. The number of likely N-dealkylation sites (N-methyl/N-ethyl adjacent to an activating group) is 1. The minimum atomic E-state index is -2.31. The third-order valence-corrected chi connectivity index (χ3v) is 19.3. The zero-order valence-electron chi connectivity index (χ0n) is 58.1. The topological polar surface area (TPSA) is 493 Å². The lowest BCUT2D eigenvalue weighted by molar-refractivity contribution is -0.277. The lowest BCUT2D eigenvalue weighted by Crippen LogP contribution is -2.60. The predicted octanol–water partition coefficient (Wildman–Crippen LogP) is 1.71. The van der Waals surface area contributed by atoms with Crippen LogP contribution in [0.25, 0.3) is 11.1 Å². The number of halogens is 1. The van der Waals surface area contributed by atoms with E-state index in [1.165, 1.54) is 44.3 Å². The van der Waals surface area contributed by atoms with Crippen LogP contribution >= 0.6 is 11.6 Å². The molecule has 19 N–H and O–H groups in total. The molecule has 2 aliphatic carbocycles. The zero-order valence-corrected chi connectivity index (χ0v) is 58.9. The number of phenolic OH excluding ortho intramolecular Hbond substituents is 3. The second kappa shape index (κ2) is 34.1. The average molecular weight is 1480 g/mol. The van der Waals surface area contributed by atoms with E-state index in [0.717, 1.165) is 74.6 Å². The number of ether oxygens (including phenoxy) is 4. The van der Waals surface area contributed by atoms with Crippen molar-refractivity contribution in [1.29, 1.82) is 0 Å². The third kappa shape index (κ3) is 18.4. The number of amides is 10. The Labute approximate surface area is 608 Å². The highest BCUT2D eigenvalue weighted by molar-refractivity contribution is 6.31. The number of unbranched alkanes of at least 4 members (excludes halogenated alkanes) is 5. The van der Waals surface area contributed by atoms with Gasteiger partial charge in [0.05, 0.1) is 30.2 Å². The number of hydrogen-bond acceptors (Lipinski definition) is 23. The Bertz CT molecular complexity index is 4040.